The molecule has 0 radical (unpaired) electrons. The Balaban J connectivity index is 1.43. The lowest BCUT2D eigenvalue weighted by atomic mass is 10.1. The van der Waals surface area contributed by atoms with E-state index in [-0.39, 0.29) is 5.91 Å². The number of aromatic nitrogens is 1. The molecule has 0 aliphatic rings. The summed E-state index contributed by atoms with van der Waals surface area (Å²) in [6, 6.07) is 15.2. The zero-order chi connectivity index (χ0) is 21.5. The number of hydrogen-bond acceptors (Lipinski definition) is 5. The standard InChI is InChI=1S/C23H25BrN2O4/c1-16-22(17(2)30-25-16)15-29-21-8-4-18(5-9-21)14-23(27)26(3)12-13-28-20-10-6-19(24)7-11-20/h4-11H,12-15H2,1-3H3. The Hall–Kier alpha value is -2.80. The molecule has 3 aromatic rings. The van der Waals surface area contributed by atoms with E-state index >= 15 is 0 Å². The molecule has 1 aromatic heterocycles. The number of benzene rings is 2. The van der Waals surface area contributed by atoms with Crippen LogP contribution < -0.4 is 9.47 Å². The zero-order valence-electron chi connectivity index (χ0n) is 17.4. The van der Waals surface area contributed by atoms with Gasteiger partial charge in [0, 0.05) is 11.5 Å². The van der Waals surface area contributed by atoms with Gasteiger partial charge >= 0.3 is 0 Å². The van der Waals surface area contributed by atoms with E-state index in [2.05, 4.69) is 21.1 Å². The van der Waals surface area contributed by atoms with E-state index in [1.165, 1.54) is 0 Å². The maximum absolute atomic E-state index is 12.5. The van der Waals surface area contributed by atoms with Crippen molar-refractivity contribution < 1.29 is 18.8 Å². The van der Waals surface area contributed by atoms with Crippen molar-refractivity contribution in [3.8, 4) is 11.5 Å². The third-order valence-corrected chi connectivity index (χ3v) is 5.31. The van der Waals surface area contributed by atoms with Crippen LogP contribution in [0, 0.1) is 13.8 Å². The van der Waals surface area contributed by atoms with Gasteiger partial charge in [-0.3, -0.25) is 4.79 Å². The molecule has 0 fully saturated rings. The smallest absolute Gasteiger partial charge is 0.226 e. The molecular formula is C23H25BrN2O4. The van der Waals surface area contributed by atoms with Crippen molar-refractivity contribution in [2.24, 2.45) is 0 Å². The van der Waals surface area contributed by atoms with Gasteiger partial charge in [0.15, 0.2) is 0 Å². The second kappa shape index (κ2) is 10.3. The molecule has 3 rings (SSSR count). The van der Waals surface area contributed by atoms with E-state index in [4.69, 9.17) is 14.0 Å². The Kier molecular flexibility index (Phi) is 7.52. The van der Waals surface area contributed by atoms with Gasteiger partial charge in [-0.1, -0.05) is 33.2 Å². The molecule has 0 unspecified atom stereocenters. The van der Waals surface area contributed by atoms with Gasteiger partial charge in [-0.25, -0.2) is 0 Å². The number of carbonyl (C=O) groups is 1. The van der Waals surface area contributed by atoms with Gasteiger partial charge < -0.3 is 18.9 Å². The molecule has 0 aliphatic carbocycles. The SMILES string of the molecule is Cc1noc(C)c1COc1ccc(CC(=O)N(C)CCOc2ccc(Br)cc2)cc1. The summed E-state index contributed by atoms with van der Waals surface area (Å²) in [6.45, 7) is 5.13. The predicted octanol–water partition coefficient (Wildman–Crippen LogP) is 4.71. The molecule has 1 amide bonds. The fraction of sp³-hybridized carbons (Fsp3) is 0.304. The highest BCUT2D eigenvalue weighted by Gasteiger charge is 2.11. The summed E-state index contributed by atoms with van der Waals surface area (Å²) in [4.78, 5) is 14.1. The molecule has 0 bridgehead atoms. The first-order valence-electron chi connectivity index (χ1n) is 9.68. The molecule has 0 aliphatic heterocycles. The number of aryl methyl sites for hydroxylation is 2. The van der Waals surface area contributed by atoms with Gasteiger partial charge in [-0.15, -0.1) is 0 Å². The minimum atomic E-state index is 0.0406. The lowest BCUT2D eigenvalue weighted by Gasteiger charge is -2.17. The van der Waals surface area contributed by atoms with Crippen LogP contribution in [0.2, 0.25) is 0 Å². The normalized spacial score (nSPS) is 10.7. The summed E-state index contributed by atoms with van der Waals surface area (Å²) in [7, 11) is 1.79. The summed E-state index contributed by atoms with van der Waals surface area (Å²) >= 11 is 3.39. The van der Waals surface area contributed by atoms with Crippen molar-refractivity contribution in [2.75, 3.05) is 20.2 Å². The van der Waals surface area contributed by atoms with E-state index in [1.54, 1.807) is 11.9 Å². The topological polar surface area (TPSA) is 64.8 Å². The van der Waals surface area contributed by atoms with Crippen LogP contribution in [-0.2, 0) is 17.8 Å². The van der Waals surface area contributed by atoms with Gasteiger partial charge in [0.1, 0.15) is 30.5 Å². The van der Waals surface area contributed by atoms with E-state index in [1.807, 2.05) is 62.4 Å². The maximum atomic E-state index is 12.5. The first-order valence-corrected chi connectivity index (χ1v) is 10.5. The molecule has 1 heterocycles. The predicted molar refractivity (Wildman–Crippen MR) is 118 cm³/mol. The Labute approximate surface area is 184 Å². The van der Waals surface area contributed by atoms with E-state index in [0.717, 1.165) is 38.6 Å². The van der Waals surface area contributed by atoms with Crippen molar-refractivity contribution in [1.82, 2.24) is 10.1 Å². The monoisotopic (exact) mass is 472 g/mol. The quantitative estimate of drug-likeness (QED) is 0.450. The molecule has 0 saturated carbocycles. The number of amides is 1. The molecule has 2 aromatic carbocycles. The summed E-state index contributed by atoms with van der Waals surface area (Å²) < 4.78 is 17.6. The molecule has 0 spiro atoms. The summed E-state index contributed by atoms with van der Waals surface area (Å²) in [5, 5.41) is 3.93. The zero-order valence-corrected chi connectivity index (χ0v) is 18.9. The van der Waals surface area contributed by atoms with Crippen LogP contribution in [0.25, 0.3) is 0 Å². The first kappa shape index (κ1) is 21.9. The fourth-order valence-corrected chi connectivity index (χ4v) is 3.10. The Morgan fingerprint density at radius 3 is 2.30 bits per heavy atom. The van der Waals surface area contributed by atoms with Crippen LogP contribution in [-0.4, -0.2) is 36.2 Å². The summed E-state index contributed by atoms with van der Waals surface area (Å²) in [6.07, 6.45) is 0.332. The average Bonchev–Trinajstić information content (AvgIpc) is 3.06. The van der Waals surface area contributed by atoms with Gasteiger partial charge in [0.2, 0.25) is 5.91 Å². The minimum Gasteiger partial charge on any atom is -0.492 e. The van der Waals surface area contributed by atoms with E-state index in [9.17, 15) is 4.79 Å². The van der Waals surface area contributed by atoms with Gasteiger partial charge in [-0.05, 0) is 55.8 Å². The van der Waals surface area contributed by atoms with Crippen LogP contribution >= 0.6 is 15.9 Å². The van der Waals surface area contributed by atoms with Crippen molar-refractivity contribution in [3.05, 3.63) is 75.6 Å². The van der Waals surface area contributed by atoms with Crippen LogP contribution in [0.1, 0.15) is 22.6 Å². The molecular weight excluding hydrogens is 448 g/mol. The number of halogens is 1. The third-order valence-electron chi connectivity index (χ3n) is 4.78. The Bertz CT molecular complexity index is 948. The second-order valence-corrected chi connectivity index (χ2v) is 7.95. The molecule has 30 heavy (non-hydrogen) atoms. The number of rotatable bonds is 9. The first-order chi connectivity index (χ1) is 14.4. The number of carbonyl (C=O) groups excluding carboxylic acids is 1. The van der Waals surface area contributed by atoms with Crippen molar-refractivity contribution >= 4 is 21.8 Å². The minimum absolute atomic E-state index is 0.0406. The highest BCUT2D eigenvalue weighted by molar-refractivity contribution is 9.10. The van der Waals surface area contributed by atoms with Gasteiger partial charge in [0.25, 0.3) is 0 Å². The Morgan fingerprint density at radius 2 is 1.67 bits per heavy atom. The largest absolute Gasteiger partial charge is 0.492 e. The Morgan fingerprint density at radius 1 is 1.03 bits per heavy atom. The highest BCUT2D eigenvalue weighted by atomic mass is 79.9. The van der Waals surface area contributed by atoms with Crippen molar-refractivity contribution in [2.45, 2.75) is 26.9 Å². The molecule has 7 heteroatoms. The third kappa shape index (κ3) is 6.10. The highest BCUT2D eigenvalue weighted by Crippen LogP contribution is 2.19. The molecule has 158 valence electrons. The van der Waals surface area contributed by atoms with E-state index in [0.29, 0.717) is 26.2 Å². The average molecular weight is 473 g/mol. The molecule has 0 saturated heterocycles. The summed E-state index contributed by atoms with van der Waals surface area (Å²) in [5.41, 5.74) is 2.73. The number of nitrogens with zero attached hydrogens (tertiary/aromatic N) is 2. The molecule has 6 nitrogen and oxygen atoms in total. The second-order valence-electron chi connectivity index (χ2n) is 7.03. The summed E-state index contributed by atoms with van der Waals surface area (Å²) in [5.74, 6) is 2.33. The molecule has 0 N–H and O–H groups in total. The van der Waals surface area contributed by atoms with Gasteiger partial charge in [-0.2, -0.15) is 0 Å². The number of likely N-dealkylation sites (N-methyl/N-ethyl adjacent to an activating group) is 1. The van der Waals surface area contributed by atoms with E-state index < -0.39 is 0 Å². The lowest BCUT2D eigenvalue weighted by molar-refractivity contribution is -0.129. The van der Waals surface area contributed by atoms with Gasteiger partial charge in [0.05, 0.1) is 24.2 Å². The maximum Gasteiger partial charge on any atom is 0.226 e. The lowest BCUT2D eigenvalue weighted by Crippen LogP contribution is -2.32. The van der Waals surface area contributed by atoms with Crippen LogP contribution in [0.3, 0.4) is 0 Å². The molecule has 0 atom stereocenters. The van der Waals surface area contributed by atoms with Crippen LogP contribution in [0.4, 0.5) is 0 Å². The van der Waals surface area contributed by atoms with Crippen molar-refractivity contribution in [1.29, 1.82) is 0 Å². The fourth-order valence-electron chi connectivity index (χ4n) is 2.83. The number of hydrogen-bond donors (Lipinski definition) is 0. The van der Waals surface area contributed by atoms with Crippen LogP contribution in [0.15, 0.2) is 57.5 Å². The van der Waals surface area contributed by atoms with Crippen molar-refractivity contribution in [3.63, 3.8) is 0 Å². The number of ether oxygens (including phenoxy) is 2. The van der Waals surface area contributed by atoms with Crippen LogP contribution in [0.5, 0.6) is 11.5 Å².